The molecule has 5 heteroatoms. The van der Waals surface area contributed by atoms with E-state index in [2.05, 4.69) is 33.0 Å². The predicted octanol–water partition coefficient (Wildman–Crippen LogP) is 0.651. The molecule has 5 nitrogen and oxygen atoms in total. The minimum Gasteiger partial charge on any atom is -0.380 e. The van der Waals surface area contributed by atoms with Crippen molar-refractivity contribution in [3.05, 3.63) is 36.9 Å². The summed E-state index contributed by atoms with van der Waals surface area (Å²) in [5.74, 6) is 0. The summed E-state index contributed by atoms with van der Waals surface area (Å²) in [6.07, 6.45) is 3.40. The minimum atomic E-state index is 0.552. The highest BCUT2D eigenvalue weighted by Crippen LogP contribution is 2.15. The second kappa shape index (κ2) is 3.94. The average molecular weight is 215 g/mol. The van der Waals surface area contributed by atoms with Gasteiger partial charge in [0, 0.05) is 18.8 Å². The quantitative estimate of drug-likeness (QED) is 0.789. The van der Waals surface area contributed by atoms with Crippen molar-refractivity contribution in [2.45, 2.75) is 6.04 Å². The van der Waals surface area contributed by atoms with Gasteiger partial charge in [-0.05, 0) is 18.2 Å². The van der Waals surface area contributed by atoms with E-state index in [-0.39, 0.29) is 0 Å². The van der Waals surface area contributed by atoms with Crippen LogP contribution < -0.4 is 10.6 Å². The lowest BCUT2D eigenvalue weighted by molar-refractivity contribution is 0.472. The van der Waals surface area contributed by atoms with E-state index in [1.807, 2.05) is 16.7 Å². The van der Waals surface area contributed by atoms with Crippen LogP contribution in [0.25, 0.3) is 5.69 Å². The Balaban J connectivity index is 1.82. The van der Waals surface area contributed by atoms with Gasteiger partial charge in [-0.25, -0.2) is 0 Å². The predicted molar refractivity (Wildman–Crippen MR) is 61.6 cm³/mol. The summed E-state index contributed by atoms with van der Waals surface area (Å²) in [5, 5.41) is 14.3. The van der Waals surface area contributed by atoms with Gasteiger partial charge in [0.2, 0.25) is 0 Å². The molecule has 0 unspecified atom stereocenters. The van der Waals surface area contributed by atoms with Crippen LogP contribution in [0.5, 0.6) is 0 Å². The Morgan fingerprint density at radius 3 is 2.75 bits per heavy atom. The lowest BCUT2D eigenvalue weighted by atomic mass is 10.1. The first-order chi connectivity index (χ1) is 7.92. The van der Waals surface area contributed by atoms with Crippen LogP contribution >= 0.6 is 0 Å². The van der Waals surface area contributed by atoms with E-state index in [9.17, 15) is 0 Å². The maximum Gasteiger partial charge on any atom is 0.123 e. The lowest BCUT2D eigenvalue weighted by Crippen LogP contribution is -2.51. The fourth-order valence-electron chi connectivity index (χ4n) is 1.72. The third-order valence-electron chi connectivity index (χ3n) is 2.72. The van der Waals surface area contributed by atoms with Crippen molar-refractivity contribution in [3.63, 3.8) is 0 Å². The maximum atomic E-state index is 3.80. The van der Waals surface area contributed by atoms with Crippen LogP contribution in [0.3, 0.4) is 0 Å². The lowest BCUT2D eigenvalue weighted by Gasteiger charge is -2.29. The molecule has 0 spiro atoms. The first-order valence-electron chi connectivity index (χ1n) is 5.34. The SMILES string of the molecule is c1cc(NC2CNC2)cc(-n2cnnc2)c1. The molecule has 16 heavy (non-hydrogen) atoms. The Morgan fingerprint density at radius 2 is 2.06 bits per heavy atom. The average Bonchev–Trinajstić information content (AvgIpc) is 2.77. The molecule has 1 fully saturated rings. The molecule has 0 radical (unpaired) electrons. The Kier molecular flexibility index (Phi) is 2.30. The summed E-state index contributed by atoms with van der Waals surface area (Å²) in [4.78, 5) is 0. The summed E-state index contributed by atoms with van der Waals surface area (Å²) < 4.78 is 1.89. The van der Waals surface area contributed by atoms with E-state index in [4.69, 9.17) is 0 Å². The summed E-state index contributed by atoms with van der Waals surface area (Å²) in [7, 11) is 0. The molecule has 3 rings (SSSR count). The van der Waals surface area contributed by atoms with Gasteiger partial charge in [-0.2, -0.15) is 0 Å². The molecule has 0 atom stereocenters. The van der Waals surface area contributed by atoms with Gasteiger partial charge in [0.1, 0.15) is 12.7 Å². The molecule has 2 aromatic rings. The van der Waals surface area contributed by atoms with Crippen LogP contribution in [-0.2, 0) is 0 Å². The van der Waals surface area contributed by atoms with E-state index in [0.717, 1.165) is 24.5 Å². The topological polar surface area (TPSA) is 54.8 Å². The van der Waals surface area contributed by atoms with Crippen LogP contribution in [-0.4, -0.2) is 33.9 Å². The monoisotopic (exact) mass is 215 g/mol. The number of nitrogens with one attached hydrogen (secondary N) is 2. The molecular formula is C11H13N5. The van der Waals surface area contributed by atoms with Crippen molar-refractivity contribution >= 4 is 5.69 Å². The van der Waals surface area contributed by atoms with E-state index in [0.29, 0.717) is 6.04 Å². The Hall–Kier alpha value is -1.88. The van der Waals surface area contributed by atoms with Crippen molar-refractivity contribution in [2.75, 3.05) is 18.4 Å². The number of hydrogen-bond donors (Lipinski definition) is 2. The van der Waals surface area contributed by atoms with Crippen molar-refractivity contribution in [1.29, 1.82) is 0 Å². The summed E-state index contributed by atoms with van der Waals surface area (Å²) in [5.41, 5.74) is 2.21. The fraction of sp³-hybridized carbons (Fsp3) is 0.273. The van der Waals surface area contributed by atoms with E-state index >= 15 is 0 Å². The number of anilines is 1. The van der Waals surface area contributed by atoms with Crippen molar-refractivity contribution in [3.8, 4) is 5.69 Å². The van der Waals surface area contributed by atoms with Gasteiger partial charge in [-0.15, -0.1) is 10.2 Å². The normalized spacial score (nSPS) is 15.8. The van der Waals surface area contributed by atoms with Gasteiger partial charge in [0.25, 0.3) is 0 Å². The number of aromatic nitrogens is 3. The molecule has 0 amide bonds. The summed E-state index contributed by atoms with van der Waals surface area (Å²) >= 11 is 0. The third kappa shape index (κ3) is 1.77. The smallest absolute Gasteiger partial charge is 0.123 e. The number of benzene rings is 1. The maximum absolute atomic E-state index is 3.80. The number of hydrogen-bond acceptors (Lipinski definition) is 4. The minimum absolute atomic E-state index is 0.552. The van der Waals surface area contributed by atoms with Gasteiger partial charge in [-0.3, -0.25) is 4.57 Å². The molecule has 1 aromatic heterocycles. The Bertz CT molecular complexity index is 461. The number of nitrogens with zero attached hydrogens (tertiary/aromatic N) is 3. The van der Waals surface area contributed by atoms with Crippen molar-refractivity contribution < 1.29 is 0 Å². The fourth-order valence-corrected chi connectivity index (χ4v) is 1.72. The molecule has 0 saturated carbocycles. The van der Waals surface area contributed by atoms with Crippen LogP contribution in [0, 0.1) is 0 Å². The van der Waals surface area contributed by atoms with Gasteiger partial charge in [0.15, 0.2) is 0 Å². The second-order valence-corrected chi connectivity index (χ2v) is 3.92. The highest BCUT2D eigenvalue weighted by Gasteiger charge is 2.15. The van der Waals surface area contributed by atoms with E-state index < -0.39 is 0 Å². The molecule has 2 N–H and O–H groups in total. The third-order valence-corrected chi connectivity index (χ3v) is 2.72. The zero-order valence-electron chi connectivity index (χ0n) is 8.80. The van der Waals surface area contributed by atoms with Crippen molar-refractivity contribution in [1.82, 2.24) is 20.1 Å². The van der Waals surface area contributed by atoms with Crippen LogP contribution in [0.4, 0.5) is 5.69 Å². The van der Waals surface area contributed by atoms with Crippen LogP contribution in [0.1, 0.15) is 0 Å². The highest BCUT2D eigenvalue weighted by atomic mass is 15.2. The van der Waals surface area contributed by atoms with Crippen LogP contribution in [0.15, 0.2) is 36.9 Å². The molecule has 0 bridgehead atoms. The molecular weight excluding hydrogens is 202 g/mol. The van der Waals surface area contributed by atoms with E-state index in [1.165, 1.54) is 0 Å². The summed E-state index contributed by atoms with van der Waals surface area (Å²) in [6, 6.07) is 8.79. The Labute approximate surface area is 93.5 Å². The van der Waals surface area contributed by atoms with Gasteiger partial charge in [0.05, 0.1) is 11.7 Å². The van der Waals surface area contributed by atoms with E-state index in [1.54, 1.807) is 12.7 Å². The standard InChI is InChI=1S/C11H13N5/c1-2-9(15-10-5-12-6-10)4-11(3-1)16-7-13-14-8-16/h1-4,7-8,10,12,15H,5-6H2. The highest BCUT2D eigenvalue weighted by molar-refractivity contribution is 5.52. The Morgan fingerprint density at radius 1 is 1.25 bits per heavy atom. The van der Waals surface area contributed by atoms with Crippen LogP contribution in [0.2, 0.25) is 0 Å². The molecule has 0 aliphatic carbocycles. The molecule has 82 valence electrons. The van der Waals surface area contributed by atoms with Crippen molar-refractivity contribution in [2.24, 2.45) is 0 Å². The first kappa shape index (κ1) is 9.35. The van der Waals surface area contributed by atoms with Gasteiger partial charge >= 0.3 is 0 Å². The largest absolute Gasteiger partial charge is 0.380 e. The molecule has 2 heterocycles. The first-order valence-corrected chi connectivity index (χ1v) is 5.34. The zero-order chi connectivity index (χ0) is 10.8. The molecule has 1 saturated heterocycles. The summed E-state index contributed by atoms with van der Waals surface area (Å²) in [6.45, 7) is 2.08. The van der Waals surface area contributed by atoms with Gasteiger partial charge in [-0.1, -0.05) is 6.07 Å². The number of rotatable bonds is 3. The van der Waals surface area contributed by atoms with Gasteiger partial charge < -0.3 is 10.6 Å². The molecule has 1 aliphatic rings. The second-order valence-electron chi connectivity index (χ2n) is 3.92. The zero-order valence-corrected chi connectivity index (χ0v) is 8.80. The molecule has 1 aromatic carbocycles. The molecule has 1 aliphatic heterocycles.